The number of hydrogen-bond donors (Lipinski definition) is 3. The Morgan fingerprint density at radius 1 is 0.462 bits per heavy atom. The first kappa shape index (κ1) is 63.1. The molecule has 0 heterocycles. The van der Waals surface area contributed by atoms with E-state index in [1.807, 2.05) is 0 Å². The summed E-state index contributed by atoms with van der Waals surface area (Å²) in [4.78, 5) is 26.3. The number of amides is 1. The summed E-state index contributed by atoms with van der Waals surface area (Å²) in [5.41, 5.74) is 0. The number of nitrogens with one attached hydrogen (secondary N) is 1. The highest BCUT2D eigenvalue weighted by Crippen LogP contribution is 2.19. The fourth-order valence-corrected chi connectivity index (χ4v) is 8.88. The highest BCUT2D eigenvalue weighted by atomic mass is 16.5. The maximum Gasteiger partial charge on any atom is 0.306 e. The average Bonchev–Trinajstić information content (AvgIpc) is 3.30. The van der Waals surface area contributed by atoms with Crippen molar-refractivity contribution in [2.75, 3.05) is 6.61 Å². The summed E-state index contributed by atoms with van der Waals surface area (Å²) < 4.78 is 5.96. The first-order valence-electron chi connectivity index (χ1n) is 28.7. The zero-order valence-electron chi connectivity index (χ0n) is 43.6. The van der Waals surface area contributed by atoms with Crippen LogP contribution in [-0.2, 0) is 14.3 Å². The lowest BCUT2D eigenvalue weighted by Crippen LogP contribution is -2.46. The van der Waals surface area contributed by atoms with E-state index in [4.69, 9.17) is 4.74 Å². The Morgan fingerprint density at radius 3 is 1.26 bits per heavy atom. The van der Waals surface area contributed by atoms with E-state index < -0.39 is 18.2 Å². The van der Waals surface area contributed by atoms with Crippen molar-refractivity contribution in [2.45, 2.75) is 322 Å². The molecule has 0 saturated heterocycles. The number of ether oxygens (including phenoxy) is 1. The van der Waals surface area contributed by atoms with Crippen molar-refractivity contribution in [2.24, 2.45) is 0 Å². The van der Waals surface area contributed by atoms with Crippen LogP contribution in [0, 0.1) is 0 Å². The topological polar surface area (TPSA) is 95.9 Å². The Hall–Kier alpha value is -1.92. The number of allylic oxidation sites excluding steroid dienone is 6. The van der Waals surface area contributed by atoms with E-state index in [-0.39, 0.29) is 24.9 Å². The van der Waals surface area contributed by atoms with E-state index in [0.29, 0.717) is 19.3 Å². The fraction of sp³-hybridized carbons (Fsp3) is 0.864. The predicted octanol–water partition coefficient (Wildman–Crippen LogP) is 17.6. The maximum absolute atomic E-state index is 13.3. The number of esters is 1. The van der Waals surface area contributed by atoms with Gasteiger partial charge >= 0.3 is 5.97 Å². The van der Waals surface area contributed by atoms with Crippen LogP contribution in [0.25, 0.3) is 0 Å². The van der Waals surface area contributed by atoms with Crippen molar-refractivity contribution in [1.29, 1.82) is 0 Å². The fourth-order valence-electron chi connectivity index (χ4n) is 8.88. The number of carbonyl (C=O) groups is 2. The Bertz CT molecular complexity index is 1070. The molecule has 0 aromatic heterocycles. The maximum atomic E-state index is 13.3. The van der Waals surface area contributed by atoms with Crippen molar-refractivity contribution in [3.05, 3.63) is 36.5 Å². The number of carbonyl (C=O) groups excluding carboxylic acids is 2. The van der Waals surface area contributed by atoms with Gasteiger partial charge in [0.05, 0.1) is 25.2 Å². The average molecular weight is 915 g/mol. The third-order valence-corrected chi connectivity index (χ3v) is 13.2. The summed E-state index contributed by atoms with van der Waals surface area (Å²) in [6.45, 7) is 6.41. The second-order valence-corrected chi connectivity index (χ2v) is 19.7. The molecule has 0 aliphatic carbocycles. The first-order valence-corrected chi connectivity index (χ1v) is 28.7. The Morgan fingerprint density at radius 2 is 0.831 bits per heavy atom. The quantitative estimate of drug-likeness (QED) is 0.0321. The first-order chi connectivity index (χ1) is 32.0. The number of hydrogen-bond acceptors (Lipinski definition) is 5. The van der Waals surface area contributed by atoms with Gasteiger partial charge in [-0.3, -0.25) is 9.59 Å². The van der Waals surface area contributed by atoms with Gasteiger partial charge in [0.25, 0.3) is 0 Å². The van der Waals surface area contributed by atoms with Crippen LogP contribution in [0.1, 0.15) is 303 Å². The van der Waals surface area contributed by atoms with Gasteiger partial charge < -0.3 is 20.3 Å². The third-order valence-electron chi connectivity index (χ3n) is 13.2. The lowest BCUT2D eigenvalue weighted by molar-refractivity contribution is -0.151. The Labute approximate surface area is 404 Å². The summed E-state index contributed by atoms with van der Waals surface area (Å²) in [7, 11) is 0. The van der Waals surface area contributed by atoms with E-state index in [0.717, 1.165) is 70.6 Å². The van der Waals surface area contributed by atoms with Crippen LogP contribution in [0.3, 0.4) is 0 Å². The van der Waals surface area contributed by atoms with Crippen molar-refractivity contribution in [3.8, 4) is 0 Å². The normalized spacial score (nSPS) is 13.4. The molecule has 6 nitrogen and oxygen atoms in total. The van der Waals surface area contributed by atoms with Crippen LogP contribution in [-0.4, -0.2) is 46.9 Å². The number of aliphatic hydroxyl groups is 2. The van der Waals surface area contributed by atoms with Crippen molar-refractivity contribution in [1.82, 2.24) is 5.32 Å². The SMILES string of the molecule is CC/C=C/C/C=C/CCCCCCCCCC(=O)OC(CCCCCCCCC/C=C/CCCCCCCC)CC(=O)NC(CO)C(O)CCCCCCCCCCCCCCCCC. The van der Waals surface area contributed by atoms with Crippen molar-refractivity contribution in [3.63, 3.8) is 0 Å². The molecule has 0 aliphatic heterocycles. The van der Waals surface area contributed by atoms with Crippen LogP contribution in [0.4, 0.5) is 0 Å². The summed E-state index contributed by atoms with van der Waals surface area (Å²) in [6, 6.07) is -0.703. The van der Waals surface area contributed by atoms with E-state index in [1.54, 1.807) is 0 Å². The molecule has 0 fully saturated rings. The van der Waals surface area contributed by atoms with Gasteiger partial charge in [-0.15, -0.1) is 0 Å². The molecule has 0 rings (SSSR count). The van der Waals surface area contributed by atoms with Gasteiger partial charge in [0, 0.05) is 6.42 Å². The zero-order chi connectivity index (χ0) is 47.4. The Kier molecular flexibility index (Phi) is 51.5. The van der Waals surface area contributed by atoms with Crippen LogP contribution in [0.2, 0.25) is 0 Å². The number of unbranched alkanes of at least 4 members (excludes halogenated alkanes) is 34. The molecule has 3 unspecified atom stereocenters. The lowest BCUT2D eigenvalue weighted by atomic mass is 10.0. The second-order valence-electron chi connectivity index (χ2n) is 19.7. The molecule has 0 radical (unpaired) electrons. The smallest absolute Gasteiger partial charge is 0.306 e. The van der Waals surface area contributed by atoms with E-state index >= 15 is 0 Å². The molecule has 65 heavy (non-hydrogen) atoms. The van der Waals surface area contributed by atoms with Crippen LogP contribution >= 0.6 is 0 Å². The molecule has 382 valence electrons. The molecule has 1 amide bonds. The third kappa shape index (κ3) is 48.3. The van der Waals surface area contributed by atoms with Crippen LogP contribution < -0.4 is 5.32 Å². The predicted molar refractivity (Wildman–Crippen MR) is 282 cm³/mol. The monoisotopic (exact) mass is 914 g/mol. The highest BCUT2D eigenvalue weighted by Gasteiger charge is 2.24. The summed E-state index contributed by atoms with van der Waals surface area (Å²) in [5.74, 6) is -0.474. The number of rotatable bonds is 52. The minimum atomic E-state index is -0.789. The zero-order valence-corrected chi connectivity index (χ0v) is 43.6. The minimum absolute atomic E-state index is 0.0743. The van der Waals surface area contributed by atoms with Gasteiger partial charge in [-0.2, -0.15) is 0 Å². The van der Waals surface area contributed by atoms with Crippen LogP contribution in [0.5, 0.6) is 0 Å². The van der Waals surface area contributed by atoms with Crippen molar-refractivity contribution < 1.29 is 24.5 Å². The van der Waals surface area contributed by atoms with Gasteiger partial charge in [0.15, 0.2) is 0 Å². The number of aliphatic hydroxyl groups excluding tert-OH is 2. The summed E-state index contributed by atoms with van der Waals surface area (Å²) in [5, 5.41) is 23.9. The molecule has 0 aliphatic rings. The van der Waals surface area contributed by atoms with Gasteiger partial charge in [0.1, 0.15) is 6.10 Å². The molecule has 0 aromatic rings. The van der Waals surface area contributed by atoms with Gasteiger partial charge in [0.2, 0.25) is 5.91 Å². The molecule has 0 bridgehead atoms. The molecule has 3 N–H and O–H groups in total. The Balaban J connectivity index is 4.55. The second kappa shape index (κ2) is 53.0. The summed E-state index contributed by atoms with van der Waals surface area (Å²) >= 11 is 0. The lowest BCUT2D eigenvalue weighted by Gasteiger charge is -2.24. The standard InChI is InChI=1S/C59H111NO5/c1-4-7-10-13-16-19-22-25-28-29-31-32-35-38-41-44-47-50-55(65-59(64)52-49-46-43-40-37-34-27-24-21-18-15-12-9-6-3)53-58(63)60-56(54-61)57(62)51-48-45-42-39-36-33-30-26-23-20-17-14-11-8-5-2/h9,12,18,21,25,28,55-57,61-62H,4-8,10-11,13-17,19-20,22-24,26-27,29-54H2,1-3H3,(H,60,63)/b12-9+,21-18+,28-25+. The van der Waals surface area contributed by atoms with E-state index in [1.165, 1.54) is 186 Å². The van der Waals surface area contributed by atoms with Gasteiger partial charge in [-0.1, -0.05) is 250 Å². The summed E-state index contributed by atoms with van der Waals surface area (Å²) in [6.07, 6.45) is 63.5. The van der Waals surface area contributed by atoms with Gasteiger partial charge in [-0.05, 0) is 77.0 Å². The van der Waals surface area contributed by atoms with Crippen molar-refractivity contribution >= 4 is 11.9 Å². The minimum Gasteiger partial charge on any atom is -0.462 e. The van der Waals surface area contributed by atoms with E-state index in [9.17, 15) is 19.8 Å². The molecule has 3 atom stereocenters. The molecule has 0 aromatic carbocycles. The molecular formula is C59H111NO5. The van der Waals surface area contributed by atoms with E-state index in [2.05, 4.69) is 62.5 Å². The molecular weight excluding hydrogens is 803 g/mol. The molecule has 0 spiro atoms. The largest absolute Gasteiger partial charge is 0.462 e. The molecule has 0 saturated carbocycles. The van der Waals surface area contributed by atoms with Crippen LogP contribution in [0.15, 0.2) is 36.5 Å². The molecule has 6 heteroatoms. The van der Waals surface area contributed by atoms with Gasteiger partial charge in [-0.25, -0.2) is 0 Å². The highest BCUT2D eigenvalue weighted by molar-refractivity contribution is 5.77.